The van der Waals surface area contributed by atoms with Gasteiger partial charge in [-0.3, -0.25) is 0 Å². The smallest absolute Gasteiger partial charge is 0.331 e. The highest BCUT2D eigenvalue weighted by atomic mass is 16.7. The van der Waals surface area contributed by atoms with Gasteiger partial charge in [0.2, 0.25) is 0 Å². The Hall–Kier alpha value is -2.59. The molecule has 13 heteroatoms. The van der Waals surface area contributed by atoms with Crippen LogP contribution in [0.1, 0.15) is 26.3 Å². The Morgan fingerprint density at radius 2 is 1.73 bits per heavy atom. The van der Waals surface area contributed by atoms with Gasteiger partial charge >= 0.3 is 5.97 Å². The van der Waals surface area contributed by atoms with Crippen LogP contribution in [0.4, 0.5) is 0 Å². The number of benzene rings is 1. The molecule has 2 aliphatic heterocycles. The molecule has 2 saturated heterocycles. The van der Waals surface area contributed by atoms with Crippen LogP contribution < -0.4 is 4.74 Å². The van der Waals surface area contributed by atoms with E-state index in [4.69, 9.17) is 28.4 Å². The predicted octanol–water partition coefficient (Wildman–Crippen LogP) is -0.401. The fourth-order valence-electron chi connectivity index (χ4n) is 4.20. The van der Waals surface area contributed by atoms with Crippen molar-refractivity contribution in [2.24, 2.45) is 0 Å². The highest BCUT2D eigenvalue weighted by Gasteiger charge is 2.52. The Morgan fingerprint density at radius 1 is 1.00 bits per heavy atom. The Bertz CT molecular complexity index is 1040. The Labute approximate surface area is 231 Å². The number of phenols is 1. The number of aliphatic hydroxyl groups excluding tert-OH is 5. The molecule has 2 heterocycles. The number of phenolic OH excluding ortho intramolecular Hbond substituents is 1. The van der Waals surface area contributed by atoms with Gasteiger partial charge in [0.1, 0.15) is 36.6 Å². The van der Waals surface area contributed by atoms with Gasteiger partial charge in [0, 0.05) is 6.08 Å². The SMILES string of the molecule is COc1cc(/C=C/C(=O)O[C@H]2[C@H](O[C@@H]3O[C@@H](C)[C@H](O)[C@@H](O)[C@H]3O)[C@@H](O)[C@H](OCC=C(C)C)O[C@@H]2CO)ccc1O. The lowest BCUT2D eigenvalue weighted by atomic mass is 9.97. The molecule has 0 amide bonds. The zero-order valence-electron chi connectivity index (χ0n) is 22.7. The number of carbonyl (C=O) groups is 1. The van der Waals surface area contributed by atoms with Crippen LogP contribution in [0, 0.1) is 0 Å². The third-order valence-electron chi connectivity index (χ3n) is 6.51. The lowest BCUT2D eigenvalue weighted by molar-refractivity contribution is -0.356. The van der Waals surface area contributed by atoms with Crippen molar-refractivity contribution >= 4 is 12.0 Å². The summed E-state index contributed by atoms with van der Waals surface area (Å²) >= 11 is 0. The summed E-state index contributed by atoms with van der Waals surface area (Å²) in [5.41, 5.74) is 1.45. The summed E-state index contributed by atoms with van der Waals surface area (Å²) in [5, 5.41) is 61.6. The van der Waals surface area contributed by atoms with Gasteiger partial charge in [-0.1, -0.05) is 17.7 Å². The molecule has 0 aliphatic carbocycles. The summed E-state index contributed by atoms with van der Waals surface area (Å²) in [6.45, 7) is 4.56. The fraction of sp³-hybridized carbons (Fsp3) is 0.593. The third kappa shape index (κ3) is 7.78. The minimum Gasteiger partial charge on any atom is -0.504 e. The van der Waals surface area contributed by atoms with Crippen LogP contribution in [0.2, 0.25) is 0 Å². The largest absolute Gasteiger partial charge is 0.504 e. The van der Waals surface area contributed by atoms with Crippen molar-refractivity contribution < 1.29 is 63.9 Å². The number of methoxy groups -OCH3 is 1. The molecule has 224 valence electrons. The van der Waals surface area contributed by atoms with Gasteiger partial charge < -0.3 is 59.1 Å². The van der Waals surface area contributed by atoms with Gasteiger partial charge in [0.05, 0.1) is 26.4 Å². The molecule has 2 fully saturated rings. The molecule has 0 bridgehead atoms. The second-order valence-electron chi connectivity index (χ2n) is 9.78. The van der Waals surface area contributed by atoms with Crippen LogP contribution in [0.25, 0.3) is 6.08 Å². The van der Waals surface area contributed by atoms with E-state index < -0.39 is 74.0 Å². The number of carbonyl (C=O) groups excluding carboxylic acids is 1. The number of ether oxygens (including phenoxy) is 6. The van der Waals surface area contributed by atoms with Crippen LogP contribution in [0.3, 0.4) is 0 Å². The number of allylic oxidation sites excluding steroid dienone is 1. The van der Waals surface area contributed by atoms with Gasteiger partial charge in [0.25, 0.3) is 0 Å². The molecule has 1 aromatic carbocycles. The number of aromatic hydroxyl groups is 1. The van der Waals surface area contributed by atoms with E-state index >= 15 is 0 Å². The minimum atomic E-state index is -1.71. The second-order valence-corrected chi connectivity index (χ2v) is 9.78. The monoisotopic (exact) mass is 570 g/mol. The molecular formula is C27H38O13. The summed E-state index contributed by atoms with van der Waals surface area (Å²) in [6.07, 6.45) is -9.97. The van der Waals surface area contributed by atoms with E-state index in [1.54, 1.807) is 6.08 Å². The van der Waals surface area contributed by atoms with E-state index in [1.807, 2.05) is 13.8 Å². The Kier molecular flexibility index (Phi) is 11.5. The van der Waals surface area contributed by atoms with E-state index in [9.17, 15) is 35.4 Å². The van der Waals surface area contributed by atoms with Gasteiger partial charge in [0.15, 0.2) is 30.2 Å². The minimum absolute atomic E-state index is 0.0582. The number of hydrogen-bond donors (Lipinski definition) is 6. The highest BCUT2D eigenvalue weighted by molar-refractivity contribution is 5.87. The molecule has 40 heavy (non-hydrogen) atoms. The van der Waals surface area contributed by atoms with Crippen molar-refractivity contribution in [3.63, 3.8) is 0 Å². The van der Waals surface area contributed by atoms with Crippen LogP contribution >= 0.6 is 0 Å². The summed E-state index contributed by atoms with van der Waals surface area (Å²) in [5.74, 6) is -0.778. The Balaban J connectivity index is 1.84. The van der Waals surface area contributed by atoms with Gasteiger partial charge in [-0.05, 0) is 44.5 Å². The second kappa shape index (κ2) is 14.3. The fourth-order valence-corrected chi connectivity index (χ4v) is 4.20. The molecule has 0 radical (unpaired) electrons. The molecule has 0 aromatic heterocycles. The van der Waals surface area contributed by atoms with E-state index in [2.05, 4.69) is 0 Å². The molecule has 0 spiro atoms. The van der Waals surface area contributed by atoms with Crippen LogP contribution in [0.5, 0.6) is 11.5 Å². The number of hydrogen-bond acceptors (Lipinski definition) is 13. The highest BCUT2D eigenvalue weighted by Crippen LogP contribution is 2.31. The number of aliphatic hydroxyl groups is 5. The summed E-state index contributed by atoms with van der Waals surface area (Å²) in [7, 11) is 1.38. The number of esters is 1. The van der Waals surface area contributed by atoms with Gasteiger partial charge in [-0.25, -0.2) is 4.79 Å². The lowest BCUT2D eigenvalue weighted by Crippen LogP contribution is -2.65. The first-order valence-electron chi connectivity index (χ1n) is 12.8. The van der Waals surface area contributed by atoms with Crippen molar-refractivity contribution in [3.8, 4) is 11.5 Å². The average molecular weight is 571 g/mol. The van der Waals surface area contributed by atoms with E-state index in [0.717, 1.165) is 11.6 Å². The van der Waals surface area contributed by atoms with E-state index in [0.29, 0.717) is 5.56 Å². The molecule has 3 rings (SSSR count). The van der Waals surface area contributed by atoms with Crippen molar-refractivity contribution in [1.29, 1.82) is 0 Å². The van der Waals surface area contributed by atoms with Gasteiger partial charge in [-0.2, -0.15) is 0 Å². The molecule has 6 N–H and O–H groups in total. The molecular weight excluding hydrogens is 532 g/mol. The quantitative estimate of drug-likeness (QED) is 0.121. The van der Waals surface area contributed by atoms with Crippen LogP contribution in [-0.2, 0) is 28.5 Å². The zero-order chi connectivity index (χ0) is 29.6. The van der Waals surface area contributed by atoms with Crippen LogP contribution in [0.15, 0.2) is 35.9 Å². The van der Waals surface area contributed by atoms with Crippen molar-refractivity contribution in [2.45, 2.75) is 82.2 Å². The maximum atomic E-state index is 12.8. The molecule has 2 aliphatic rings. The first kappa shape index (κ1) is 31.9. The normalized spacial score (nSPS) is 34.4. The first-order chi connectivity index (χ1) is 19.0. The molecule has 0 unspecified atom stereocenters. The van der Waals surface area contributed by atoms with Crippen molar-refractivity contribution in [3.05, 3.63) is 41.5 Å². The summed E-state index contributed by atoms with van der Waals surface area (Å²) in [4.78, 5) is 12.8. The van der Waals surface area contributed by atoms with E-state index in [1.165, 1.54) is 38.3 Å². The zero-order valence-corrected chi connectivity index (χ0v) is 22.7. The van der Waals surface area contributed by atoms with E-state index in [-0.39, 0.29) is 18.1 Å². The van der Waals surface area contributed by atoms with Crippen LogP contribution in [-0.4, -0.2) is 118 Å². The molecule has 10 atom stereocenters. The van der Waals surface area contributed by atoms with Crippen molar-refractivity contribution in [1.82, 2.24) is 0 Å². The average Bonchev–Trinajstić information content (AvgIpc) is 2.92. The standard InChI is InChI=1S/C27H38O13/c1-13(2)9-10-36-26-23(34)25(40-27-22(33)21(32)20(31)14(3)37-27)24(18(12-28)38-26)39-19(30)8-6-15-5-7-16(29)17(11-15)35-4/h5-9,11,14,18,20-29,31-34H,10,12H2,1-4H3/b8-6+/t14-,18+,20-,21+,22+,23+,24+,25+,26+,27-/m0/s1. The van der Waals surface area contributed by atoms with Crippen molar-refractivity contribution in [2.75, 3.05) is 20.3 Å². The topological polar surface area (TPSA) is 194 Å². The first-order valence-corrected chi connectivity index (χ1v) is 12.8. The summed E-state index contributed by atoms with van der Waals surface area (Å²) < 4.78 is 33.2. The molecule has 0 saturated carbocycles. The molecule has 1 aromatic rings. The Morgan fingerprint density at radius 3 is 2.38 bits per heavy atom. The number of rotatable bonds is 10. The maximum absolute atomic E-state index is 12.8. The maximum Gasteiger partial charge on any atom is 0.331 e. The third-order valence-corrected chi connectivity index (χ3v) is 6.51. The lowest BCUT2D eigenvalue weighted by Gasteiger charge is -2.46. The van der Waals surface area contributed by atoms with Gasteiger partial charge in [-0.15, -0.1) is 0 Å². The molecule has 13 nitrogen and oxygen atoms in total. The predicted molar refractivity (Wildman–Crippen MR) is 138 cm³/mol. The summed E-state index contributed by atoms with van der Waals surface area (Å²) in [6, 6.07) is 4.42.